The van der Waals surface area contributed by atoms with Gasteiger partial charge in [0, 0.05) is 62.4 Å². The minimum atomic E-state index is -1.50. The molecule has 3 aromatic rings. The first kappa shape index (κ1) is 59.4. The minimum absolute atomic E-state index is 0.0811. The van der Waals surface area contributed by atoms with Crippen molar-refractivity contribution in [2.45, 2.75) is 124 Å². The van der Waals surface area contributed by atoms with E-state index in [1.165, 1.54) is 24.1 Å². The molecule has 82 heavy (non-hydrogen) atoms. The van der Waals surface area contributed by atoms with Crippen LogP contribution in [-0.2, 0) is 46.7 Å². The molecule has 0 saturated heterocycles. The Kier molecular flexibility index (Phi) is 19.0. The Balaban J connectivity index is 0.814. The van der Waals surface area contributed by atoms with Crippen LogP contribution in [0.5, 0.6) is 17.2 Å². The molecule has 0 unspecified atom stereocenters. The van der Waals surface area contributed by atoms with E-state index < -0.39 is 84.3 Å². The second kappa shape index (κ2) is 26.3. The molecule has 5 aliphatic heterocycles. The number of aryl methyl sites for hydroxylation is 1. The van der Waals surface area contributed by atoms with Crippen molar-refractivity contribution in [1.29, 1.82) is 0 Å². The van der Waals surface area contributed by atoms with Crippen molar-refractivity contribution in [3.05, 3.63) is 112 Å². The SMILES string of the molecule is COc1cc2c(cc1OCCCCCOc1cc3c(cc1C)C(=O)N1C=C(C)C[C@H]1C=N3)N(C(=O)OCc1ccc(CN[C@@H](C)C(=O)N[C@H](C(=O)NC(=O)CNC(=O)CCN3C(=O)C=CC3=O)C(C)C)cc1)[C@@H](O)[C@@H]1CC(C)=CN1C2=O. The normalized spacial score (nSPS) is 18.6. The van der Waals surface area contributed by atoms with E-state index in [0.717, 1.165) is 57.1 Å². The molecular weight excluding hydrogens is 1060 g/mol. The summed E-state index contributed by atoms with van der Waals surface area (Å²) in [5.74, 6) is -3.59. The van der Waals surface area contributed by atoms with Gasteiger partial charge in [0.05, 0.1) is 67.5 Å². The van der Waals surface area contributed by atoms with Crippen LogP contribution >= 0.6 is 0 Å². The molecule has 5 N–H and O–H groups in total. The highest BCUT2D eigenvalue weighted by Crippen LogP contribution is 2.42. The number of fused-ring (bicyclic) bond motifs is 4. The average Bonchev–Trinajstić information content (AvgIpc) is 3.39. The predicted molar refractivity (Wildman–Crippen MR) is 299 cm³/mol. The van der Waals surface area contributed by atoms with Gasteiger partial charge in [-0.15, -0.1) is 0 Å². The zero-order valence-electron chi connectivity index (χ0n) is 46.9. The number of nitrogens with one attached hydrogen (secondary N) is 4. The number of aliphatic imine (C=N–C) groups is 1. The quantitative estimate of drug-likeness (QED) is 0.0633. The Hall–Kier alpha value is -8.70. The molecule has 3 aromatic carbocycles. The topological polar surface area (TPSA) is 284 Å². The Morgan fingerprint density at radius 2 is 1.41 bits per heavy atom. The monoisotopic (exact) mass is 1130 g/mol. The van der Waals surface area contributed by atoms with Crippen LogP contribution < -0.4 is 40.4 Å². The molecule has 0 fully saturated rings. The predicted octanol–water partition coefficient (Wildman–Crippen LogP) is 4.75. The first-order valence-corrected chi connectivity index (χ1v) is 27.3. The third-order valence-electron chi connectivity index (χ3n) is 14.6. The summed E-state index contributed by atoms with van der Waals surface area (Å²) < 4.78 is 23.9. The molecule has 23 nitrogen and oxygen atoms in total. The number of rotatable bonds is 23. The molecular formula is C59H69N9O14. The first-order valence-electron chi connectivity index (χ1n) is 27.3. The fraction of sp³-hybridized carbons (Fsp3) is 0.424. The number of aliphatic hydroxyl groups is 1. The van der Waals surface area contributed by atoms with Crippen LogP contribution in [0.3, 0.4) is 0 Å². The van der Waals surface area contributed by atoms with Gasteiger partial charge in [0.1, 0.15) is 18.4 Å². The Morgan fingerprint density at radius 1 is 0.756 bits per heavy atom. The molecule has 9 amide bonds. The van der Waals surface area contributed by atoms with Gasteiger partial charge in [-0.05, 0) is 94.5 Å². The maximum atomic E-state index is 14.2. The molecule has 434 valence electrons. The zero-order chi connectivity index (χ0) is 58.9. The Bertz CT molecular complexity index is 3130. The lowest BCUT2D eigenvalue weighted by Crippen LogP contribution is -2.55. The van der Waals surface area contributed by atoms with Crippen molar-refractivity contribution in [1.82, 2.24) is 36.0 Å². The molecule has 0 aromatic heterocycles. The number of anilines is 1. The number of methoxy groups -OCH3 is 1. The molecule has 5 atom stereocenters. The highest BCUT2D eigenvalue weighted by atomic mass is 16.6. The molecule has 5 heterocycles. The van der Waals surface area contributed by atoms with E-state index in [-0.39, 0.29) is 67.4 Å². The number of carbonyl (C=O) groups excluding carboxylic acids is 9. The molecule has 0 spiro atoms. The van der Waals surface area contributed by atoms with Crippen LogP contribution in [0.25, 0.3) is 0 Å². The van der Waals surface area contributed by atoms with Gasteiger partial charge >= 0.3 is 6.09 Å². The second-order valence-corrected chi connectivity index (χ2v) is 21.2. The summed E-state index contributed by atoms with van der Waals surface area (Å²) in [5.41, 5.74) is 5.48. The van der Waals surface area contributed by atoms with E-state index in [4.69, 9.17) is 18.9 Å². The van der Waals surface area contributed by atoms with Crippen molar-refractivity contribution in [2.75, 3.05) is 38.3 Å². The van der Waals surface area contributed by atoms with Gasteiger partial charge in [-0.3, -0.25) is 53.6 Å². The molecule has 23 heteroatoms. The Morgan fingerprint density at radius 3 is 2.11 bits per heavy atom. The maximum absolute atomic E-state index is 14.2. The number of imide groups is 2. The summed E-state index contributed by atoms with van der Waals surface area (Å²) in [6.45, 7) is 10.7. The number of hydrogen-bond acceptors (Lipinski definition) is 16. The fourth-order valence-electron chi connectivity index (χ4n) is 9.97. The number of amides is 9. The smallest absolute Gasteiger partial charge is 0.416 e. The van der Waals surface area contributed by atoms with Crippen molar-refractivity contribution in [3.8, 4) is 17.2 Å². The van der Waals surface area contributed by atoms with E-state index in [1.807, 2.05) is 45.3 Å². The summed E-state index contributed by atoms with van der Waals surface area (Å²) in [6.07, 6.45) is 8.05. The number of unbranched alkanes of at least 4 members (excludes halogenated alkanes) is 2. The standard InChI is InChI=1S/C59H69N9O14/c1-33(2)53(55(74)63-50(70)29-62-49(69)17-18-65-51(71)15-16-52(65)72)64-54(73)37(6)60-27-38-11-13-39(14-12-38)32-82-59(78)68-44-26-48(47(79-7)24-42(44)57(76)67-31-35(4)22-45(67)58(68)77)81-20-10-8-9-19-80-46-25-43-41(23-36(46)5)56(75)66-30-34(3)21-40(66)28-61-43/h11-16,23-26,28,30-31,33,37,40,45,53,58,60,77H,8-10,17-22,27,29,32H2,1-7H3,(H,62,69)(H,64,73)(H,63,70,74)/t37-,40-,45-,53-,58-/m0/s1. The van der Waals surface area contributed by atoms with Crippen LogP contribution in [0.1, 0.15) is 111 Å². The van der Waals surface area contributed by atoms with Crippen LogP contribution in [0.15, 0.2) is 89.2 Å². The summed E-state index contributed by atoms with van der Waals surface area (Å²) in [4.78, 5) is 126. The van der Waals surface area contributed by atoms with Gasteiger partial charge in [0.25, 0.3) is 23.6 Å². The van der Waals surface area contributed by atoms with Crippen molar-refractivity contribution in [3.63, 3.8) is 0 Å². The van der Waals surface area contributed by atoms with Crippen LogP contribution in [0.2, 0.25) is 0 Å². The van der Waals surface area contributed by atoms with E-state index in [2.05, 4.69) is 26.3 Å². The van der Waals surface area contributed by atoms with E-state index in [0.29, 0.717) is 48.4 Å². The molecule has 0 radical (unpaired) electrons. The van der Waals surface area contributed by atoms with Gasteiger partial charge in [0.15, 0.2) is 17.7 Å². The Labute approximate surface area is 474 Å². The molecule has 0 bridgehead atoms. The highest BCUT2D eigenvalue weighted by molar-refractivity contribution is 6.13. The van der Waals surface area contributed by atoms with Gasteiger partial charge in [0.2, 0.25) is 23.6 Å². The number of nitrogens with zero attached hydrogens (tertiary/aromatic N) is 5. The van der Waals surface area contributed by atoms with E-state index in [9.17, 15) is 48.3 Å². The minimum Gasteiger partial charge on any atom is -0.493 e. The van der Waals surface area contributed by atoms with Crippen molar-refractivity contribution < 1.29 is 67.2 Å². The fourth-order valence-corrected chi connectivity index (χ4v) is 9.97. The van der Waals surface area contributed by atoms with Crippen molar-refractivity contribution in [2.24, 2.45) is 10.9 Å². The molecule has 5 aliphatic rings. The summed E-state index contributed by atoms with van der Waals surface area (Å²) in [6, 6.07) is 10.9. The van der Waals surface area contributed by atoms with Gasteiger partial charge in [-0.25, -0.2) is 9.69 Å². The van der Waals surface area contributed by atoms with Gasteiger partial charge < -0.3 is 49.8 Å². The molecule has 0 saturated carbocycles. The number of carbonyl (C=O) groups is 9. The second-order valence-electron chi connectivity index (χ2n) is 21.2. The number of hydrogen-bond donors (Lipinski definition) is 5. The highest BCUT2D eigenvalue weighted by Gasteiger charge is 2.45. The molecule has 8 rings (SSSR count). The van der Waals surface area contributed by atoms with Crippen LogP contribution in [-0.4, -0.2) is 143 Å². The lowest BCUT2D eigenvalue weighted by atomic mass is 10.0. The summed E-state index contributed by atoms with van der Waals surface area (Å²) >= 11 is 0. The van der Waals surface area contributed by atoms with Crippen molar-refractivity contribution >= 4 is 70.9 Å². The maximum Gasteiger partial charge on any atom is 0.416 e. The summed E-state index contributed by atoms with van der Waals surface area (Å²) in [5, 5.41) is 22.2. The molecule has 0 aliphatic carbocycles. The van der Waals surface area contributed by atoms with Crippen LogP contribution in [0, 0.1) is 12.8 Å². The van der Waals surface area contributed by atoms with Gasteiger partial charge in [-0.1, -0.05) is 49.3 Å². The summed E-state index contributed by atoms with van der Waals surface area (Å²) in [7, 11) is 1.45. The average molecular weight is 1130 g/mol. The number of benzene rings is 3. The number of ether oxygens (including phenoxy) is 4. The third-order valence-corrected chi connectivity index (χ3v) is 14.6. The lowest BCUT2D eigenvalue weighted by Gasteiger charge is -2.31. The van der Waals surface area contributed by atoms with E-state index in [1.54, 1.807) is 56.1 Å². The van der Waals surface area contributed by atoms with Crippen LogP contribution in [0.4, 0.5) is 16.2 Å². The third kappa shape index (κ3) is 13.9. The van der Waals surface area contributed by atoms with E-state index >= 15 is 0 Å². The zero-order valence-corrected chi connectivity index (χ0v) is 46.9. The lowest BCUT2D eigenvalue weighted by molar-refractivity contribution is -0.138. The van der Waals surface area contributed by atoms with Gasteiger partial charge in [-0.2, -0.15) is 0 Å². The number of aliphatic hydroxyl groups excluding tert-OH is 1. The largest absolute Gasteiger partial charge is 0.493 e. The first-order chi connectivity index (χ1) is 39.2.